The molecule has 2 aromatic rings. The fraction of sp³-hybridized carbons (Fsp3) is 0.304. The van der Waals surface area contributed by atoms with Crippen LogP contribution in [0.15, 0.2) is 54.6 Å². The molecular formula is C23H23N3O6. The van der Waals surface area contributed by atoms with Crippen LogP contribution in [0.4, 0.5) is 0 Å². The molecule has 1 saturated heterocycles. The number of esters is 1. The van der Waals surface area contributed by atoms with Gasteiger partial charge in [0.2, 0.25) is 18.1 Å². The molecule has 0 spiro atoms. The molecule has 9 nitrogen and oxygen atoms in total. The molecule has 9 heteroatoms. The summed E-state index contributed by atoms with van der Waals surface area (Å²) in [4.78, 5) is 50.7. The summed E-state index contributed by atoms with van der Waals surface area (Å²) >= 11 is 0. The smallest absolute Gasteiger partial charge is 0.310 e. The van der Waals surface area contributed by atoms with E-state index >= 15 is 0 Å². The third kappa shape index (κ3) is 4.78. The van der Waals surface area contributed by atoms with Crippen molar-refractivity contribution in [2.24, 2.45) is 0 Å². The number of nitrogens with zero attached hydrogens (tertiary/aromatic N) is 1. The van der Waals surface area contributed by atoms with Crippen LogP contribution >= 0.6 is 0 Å². The minimum absolute atomic E-state index is 0.134. The van der Waals surface area contributed by atoms with E-state index in [1.165, 1.54) is 4.90 Å². The highest BCUT2D eigenvalue weighted by molar-refractivity contribution is 6.01. The molecule has 0 bridgehead atoms. The van der Waals surface area contributed by atoms with Gasteiger partial charge >= 0.3 is 5.97 Å². The SMILES string of the molecule is O=C(CN1CC=CCC(NC(=O)c2ccc3ccccc3c2)C1=O)NC1CC(=O)OC1O. The minimum Gasteiger partial charge on any atom is -0.434 e. The first-order chi connectivity index (χ1) is 15.4. The number of ether oxygens (including phenoxy) is 1. The van der Waals surface area contributed by atoms with Crippen molar-refractivity contribution in [2.75, 3.05) is 13.1 Å². The molecule has 166 valence electrons. The Hall–Kier alpha value is -3.72. The fourth-order valence-electron chi connectivity index (χ4n) is 3.77. The third-order valence-electron chi connectivity index (χ3n) is 5.45. The van der Waals surface area contributed by atoms with Crippen LogP contribution in [0, 0.1) is 0 Å². The molecule has 0 saturated carbocycles. The van der Waals surface area contributed by atoms with Gasteiger partial charge in [-0.1, -0.05) is 42.5 Å². The lowest BCUT2D eigenvalue weighted by molar-refractivity contribution is -0.155. The van der Waals surface area contributed by atoms with Gasteiger partial charge < -0.3 is 25.4 Å². The summed E-state index contributed by atoms with van der Waals surface area (Å²) in [5.74, 6) is -1.90. The van der Waals surface area contributed by atoms with Gasteiger partial charge in [-0.3, -0.25) is 19.2 Å². The summed E-state index contributed by atoms with van der Waals surface area (Å²) < 4.78 is 4.60. The molecule has 2 heterocycles. The first-order valence-corrected chi connectivity index (χ1v) is 10.3. The van der Waals surface area contributed by atoms with E-state index in [1.807, 2.05) is 30.3 Å². The van der Waals surface area contributed by atoms with Crippen LogP contribution in [0.1, 0.15) is 23.2 Å². The quantitative estimate of drug-likeness (QED) is 0.462. The normalized spacial score (nSPS) is 23.0. The topological polar surface area (TPSA) is 125 Å². The Bertz CT molecular complexity index is 1100. The zero-order valence-corrected chi connectivity index (χ0v) is 17.2. The maximum absolute atomic E-state index is 13.0. The number of amides is 3. The predicted octanol–water partition coefficient (Wildman–Crippen LogP) is 0.477. The predicted molar refractivity (Wildman–Crippen MR) is 114 cm³/mol. The minimum atomic E-state index is -1.40. The van der Waals surface area contributed by atoms with Crippen LogP contribution in [0.3, 0.4) is 0 Å². The summed E-state index contributed by atoms with van der Waals surface area (Å²) in [7, 11) is 0. The number of rotatable bonds is 5. The summed E-state index contributed by atoms with van der Waals surface area (Å²) in [5.41, 5.74) is 0.439. The molecule has 1 fully saturated rings. The number of cyclic esters (lactones) is 1. The van der Waals surface area contributed by atoms with Crippen LogP contribution in [0.25, 0.3) is 10.8 Å². The number of carbonyl (C=O) groups is 4. The fourth-order valence-corrected chi connectivity index (χ4v) is 3.77. The largest absolute Gasteiger partial charge is 0.434 e. The average Bonchev–Trinajstić information content (AvgIpc) is 2.99. The van der Waals surface area contributed by atoms with Crippen molar-refractivity contribution < 1.29 is 29.0 Å². The van der Waals surface area contributed by atoms with Crippen LogP contribution < -0.4 is 10.6 Å². The molecule has 2 aliphatic heterocycles. The van der Waals surface area contributed by atoms with E-state index in [2.05, 4.69) is 15.4 Å². The second kappa shape index (κ2) is 9.19. The molecule has 2 aliphatic rings. The number of nitrogens with one attached hydrogen (secondary N) is 2. The number of carbonyl (C=O) groups excluding carboxylic acids is 4. The highest BCUT2D eigenvalue weighted by Gasteiger charge is 2.35. The van der Waals surface area contributed by atoms with Crippen molar-refractivity contribution in [3.05, 3.63) is 60.2 Å². The number of hydrogen-bond acceptors (Lipinski definition) is 6. The van der Waals surface area contributed by atoms with Gasteiger partial charge in [0.25, 0.3) is 5.91 Å². The van der Waals surface area contributed by atoms with Gasteiger partial charge in [-0.2, -0.15) is 0 Å². The van der Waals surface area contributed by atoms with E-state index in [9.17, 15) is 24.3 Å². The highest BCUT2D eigenvalue weighted by atomic mass is 16.6. The van der Waals surface area contributed by atoms with E-state index in [-0.39, 0.29) is 25.4 Å². The van der Waals surface area contributed by atoms with Crippen LogP contribution in [0.2, 0.25) is 0 Å². The zero-order valence-electron chi connectivity index (χ0n) is 17.2. The van der Waals surface area contributed by atoms with Gasteiger partial charge in [0, 0.05) is 12.1 Å². The molecule has 3 unspecified atom stereocenters. The van der Waals surface area contributed by atoms with Gasteiger partial charge in [-0.05, 0) is 29.3 Å². The molecule has 3 atom stereocenters. The number of hydrogen-bond donors (Lipinski definition) is 3. The molecule has 4 rings (SSSR count). The lowest BCUT2D eigenvalue weighted by Gasteiger charge is -2.25. The monoisotopic (exact) mass is 437 g/mol. The van der Waals surface area contributed by atoms with Crippen molar-refractivity contribution in [3.63, 3.8) is 0 Å². The lowest BCUT2D eigenvalue weighted by atomic mass is 10.1. The maximum Gasteiger partial charge on any atom is 0.310 e. The summed E-state index contributed by atoms with van der Waals surface area (Å²) in [5, 5.41) is 16.8. The third-order valence-corrected chi connectivity index (χ3v) is 5.45. The van der Waals surface area contributed by atoms with Gasteiger partial charge in [-0.25, -0.2) is 0 Å². The molecule has 0 radical (unpaired) electrons. The highest BCUT2D eigenvalue weighted by Crippen LogP contribution is 2.17. The Morgan fingerprint density at radius 3 is 2.59 bits per heavy atom. The Kier molecular flexibility index (Phi) is 6.18. The van der Waals surface area contributed by atoms with Crippen molar-refractivity contribution in [2.45, 2.75) is 31.2 Å². The molecule has 0 aliphatic carbocycles. The van der Waals surface area contributed by atoms with Crippen molar-refractivity contribution in [1.29, 1.82) is 0 Å². The van der Waals surface area contributed by atoms with Crippen LogP contribution in [0.5, 0.6) is 0 Å². The number of aliphatic hydroxyl groups is 1. The molecule has 2 aromatic carbocycles. The first kappa shape index (κ1) is 21.5. The Labute approximate surface area is 184 Å². The number of benzene rings is 2. The number of fused-ring (bicyclic) bond motifs is 1. The van der Waals surface area contributed by atoms with E-state index in [0.717, 1.165) is 10.8 Å². The lowest BCUT2D eigenvalue weighted by Crippen LogP contribution is -2.51. The van der Waals surface area contributed by atoms with Crippen molar-refractivity contribution in [1.82, 2.24) is 15.5 Å². The zero-order chi connectivity index (χ0) is 22.7. The van der Waals surface area contributed by atoms with E-state index in [4.69, 9.17) is 0 Å². The molecule has 3 amide bonds. The first-order valence-electron chi connectivity index (χ1n) is 10.3. The van der Waals surface area contributed by atoms with Crippen molar-refractivity contribution in [3.8, 4) is 0 Å². The summed E-state index contributed by atoms with van der Waals surface area (Å²) in [6.07, 6.45) is 2.31. The second-order valence-electron chi connectivity index (χ2n) is 7.77. The number of aliphatic hydroxyl groups excluding tert-OH is 1. The molecule has 0 aromatic heterocycles. The van der Waals surface area contributed by atoms with E-state index < -0.39 is 36.2 Å². The van der Waals surface area contributed by atoms with Crippen LogP contribution in [-0.2, 0) is 19.1 Å². The van der Waals surface area contributed by atoms with Crippen LogP contribution in [-0.4, -0.2) is 65.2 Å². The molecular weight excluding hydrogens is 414 g/mol. The Morgan fingerprint density at radius 2 is 1.84 bits per heavy atom. The van der Waals surface area contributed by atoms with Gasteiger partial charge in [-0.15, -0.1) is 0 Å². The standard InChI is InChI=1S/C23H23N3O6/c27-19(24-18-12-20(28)32-23(18)31)13-26-10-4-3-7-17(22(26)30)25-21(29)16-9-8-14-5-1-2-6-15(14)11-16/h1-6,8-9,11,17-18,23,31H,7,10,12-13H2,(H,24,27)(H,25,29). The maximum atomic E-state index is 13.0. The second-order valence-corrected chi connectivity index (χ2v) is 7.77. The molecule has 3 N–H and O–H groups in total. The van der Waals surface area contributed by atoms with E-state index in [1.54, 1.807) is 24.3 Å². The van der Waals surface area contributed by atoms with Gasteiger partial charge in [0.05, 0.1) is 13.0 Å². The van der Waals surface area contributed by atoms with Gasteiger partial charge in [0.1, 0.15) is 12.1 Å². The summed E-state index contributed by atoms with van der Waals surface area (Å²) in [6.45, 7) is -0.0693. The Balaban J connectivity index is 1.40. The molecule has 32 heavy (non-hydrogen) atoms. The van der Waals surface area contributed by atoms with Crippen molar-refractivity contribution >= 4 is 34.5 Å². The van der Waals surface area contributed by atoms with E-state index in [0.29, 0.717) is 12.0 Å². The van der Waals surface area contributed by atoms with Gasteiger partial charge in [0.15, 0.2) is 0 Å². The Morgan fingerprint density at radius 1 is 1.06 bits per heavy atom. The average molecular weight is 437 g/mol. The summed E-state index contributed by atoms with van der Waals surface area (Å²) in [6, 6.07) is 11.3.